The Morgan fingerprint density at radius 1 is 0.958 bits per heavy atom. The van der Waals surface area contributed by atoms with E-state index < -0.39 is 0 Å². The number of nitrogens with zero attached hydrogens (tertiary/aromatic N) is 2. The SMILES string of the molecule is Cc1ccc(C2CC(c3nc(-c4ccccc4)no3)NN2)cc1C. The van der Waals surface area contributed by atoms with Crippen molar-refractivity contribution in [1.82, 2.24) is 21.0 Å². The number of hydrazine groups is 1. The number of hydrogen-bond acceptors (Lipinski definition) is 5. The molecule has 5 nitrogen and oxygen atoms in total. The molecule has 0 saturated carbocycles. The Kier molecular flexibility index (Phi) is 3.88. The molecule has 0 bridgehead atoms. The summed E-state index contributed by atoms with van der Waals surface area (Å²) in [6.45, 7) is 4.27. The van der Waals surface area contributed by atoms with Crippen LogP contribution in [0.2, 0.25) is 0 Å². The molecule has 5 heteroatoms. The van der Waals surface area contributed by atoms with Crippen molar-refractivity contribution < 1.29 is 4.52 Å². The maximum atomic E-state index is 5.47. The molecule has 0 aliphatic carbocycles. The van der Waals surface area contributed by atoms with Gasteiger partial charge in [-0.05, 0) is 37.0 Å². The third-order valence-electron chi connectivity index (χ3n) is 4.61. The largest absolute Gasteiger partial charge is 0.337 e. The van der Waals surface area contributed by atoms with E-state index in [1.54, 1.807) is 0 Å². The van der Waals surface area contributed by atoms with Gasteiger partial charge in [-0.15, -0.1) is 0 Å². The highest BCUT2D eigenvalue weighted by Crippen LogP contribution is 2.31. The van der Waals surface area contributed by atoms with Crippen LogP contribution in [0, 0.1) is 13.8 Å². The third-order valence-corrected chi connectivity index (χ3v) is 4.61. The minimum Gasteiger partial charge on any atom is -0.337 e. The van der Waals surface area contributed by atoms with Gasteiger partial charge in [0.2, 0.25) is 11.7 Å². The Morgan fingerprint density at radius 3 is 2.54 bits per heavy atom. The zero-order valence-corrected chi connectivity index (χ0v) is 13.8. The van der Waals surface area contributed by atoms with Crippen LogP contribution in [0.3, 0.4) is 0 Å². The minimum absolute atomic E-state index is 0.0153. The van der Waals surface area contributed by atoms with E-state index in [9.17, 15) is 0 Å². The van der Waals surface area contributed by atoms with Crippen LogP contribution in [-0.2, 0) is 0 Å². The molecule has 1 fully saturated rings. The second-order valence-electron chi connectivity index (χ2n) is 6.30. The summed E-state index contributed by atoms with van der Waals surface area (Å²) in [6, 6.07) is 16.7. The van der Waals surface area contributed by atoms with E-state index in [1.807, 2.05) is 30.3 Å². The summed E-state index contributed by atoms with van der Waals surface area (Å²) in [4.78, 5) is 4.54. The number of aryl methyl sites for hydroxylation is 2. The van der Waals surface area contributed by atoms with E-state index in [0.717, 1.165) is 12.0 Å². The van der Waals surface area contributed by atoms with Crippen molar-refractivity contribution in [3.05, 3.63) is 71.1 Å². The van der Waals surface area contributed by atoms with E-state index >= 15 is 0 Å². The van der Waals surface area contributed by atoms with E-state index in [0.29, 0.717) is 11.7 Å². The van der Waals surface area contributed by atoms with Gasteiger partial charge in [0.05, 0.1) is 0 Å². The van der Waals surface area contributed by atoms with Gasteiger partial charge in [-0.25, -0.2) is 10.9 Å². The van der Waals surface area contributed by atoms with Crippen LogP contribution in [-0.4, -0.2) is 10.1 Å². The van der Waals surface area contributed by atoms with E-state index in [1.165, 1.54) is 16.7 Å². The van der Waals surface area contributed by atoms with Crippen LogP contribution >= 0.6 is 0 Å². The lowest BCUT2D eigenvalue weighted by molar-refractivity contribution is 0.340. The number of nitrogens with one attached hydrogen (secondary N) is 2. The van der Waals surface area contributed by atoms with Gasteiger partial charge in [0.25, 0.3) is 0 Å². The van der Waals surface area contributed by atoms with E-state index in [-0.39, 0.29) is 12.1 Å². The molecule has 2 unspecified atom stereocenters. The van der Waals surface area contributed by atoms with Gasteiger partial charge >= 0.3 is 0 Å². The molecule has 2 heterocycles. The molecule has 122 valence electrons. The molecule has 0 spiro atoms. The summed E-state index contributed by atoms with van der Waals surface area (Å²) in [5.41, 5.74) is 11.5. The first-order valence-electron chi connectivity index (χ1n) is 8.18. The molecule has 1 aromatic heterocycles. The third kappa shape index (κ3) is 2.84. The van der Waals surface area contributed by atoms with Gasteiger partial charge in [0, 0.05) is 11.6 Å². The van der Waals surface area contributed by atoms with Crippen LogP contribution in [0.5, 0.6) is 0 Å². The molecule has 1 saturated heterocycles. The van der Waals surface area contributed by atoms with Crippen molar-refractivity contribution in [3.63, 3.8) is 0 Å². The first-order valence-corrected chi connectivity index (χ1v) is 8.18. The Labute approximate surface area is 141 Å². The monoisotopic (exact) mass is 320 g/mol. The predicted octanol–water partition coefficient (Wildman–Crippen LogP) is 3.63. The summed E-state index contributed by atoms with van der Waals surface area (Å²) in [5, 5.41) is 4.10. The molecule has 1 aliphatic heterocycles. The van der Waals surface area contributed by atoms with Gasteiger partial charge in [-0.3, -0.25) is 0 Å². The average molecular weight is 320 g/mol. The maximum Gasteiger partial charge on any atom is 0.245 e. The maximum absolute atomic E-state index is 5.47. The topological polar surface area (TPSA) is 63.0 Å². The molecule has 0 radical (unpaired) electrons. The highest BCUT2D eigenvalue weighted by Gasteiger charge is 2.30. The van der Waals surface area contributed by atoms with Gasteiger partial charge in [-0.1, -0.05) is 53.7 Å². The molecular weight excluding hydrogens is 300 g/mol. The zero-order valence-electron chi connectivity index (χ0n) is 13.8. The Balaban J connectivity index is 1.51. The predicted molar refractivity (Wildman–Crippen MR) is 92.0 cm³/mol. The summed E-state index contributed by atoms with van der Waals surface area (Å²) >= 11 is 0. The summed E-state index contributed by atoms with van der Waals surface area (Å²) in [7, 11) is 0. The van der Waals surface area contributed by atoms with Crippen LogP contribution in [0.15, 0.2) is 53.1 Å². The standard InChI is InChI=1S/C19H20N4O/c1-12-8-9-15(10-13(12)2)16-11-17(22-21-16)19-20-18(23-24-19)14-6-4-3-5-7-14/h3-10,16-17,21-22H,11H2,1-2H3. The van der Waals surface area contributed by atoms with Gasteiger partial charge in [0.1, 0.15) is 6.04 Å². The van der Waals surface area contributed by atoms with Gasteiger partial charge in [0.15, 0.2) is 0 Å². The smallest absolute Gasteiger partial charge is 0.245 e. The quantitative estimate of drug-likeness (QED) is 0.771. The van der Waals surface area contributed by atoms with Crippen LogP contribution < -0.4 is 10.9 Å². The Morgan fingerprint density at radius 2 is 1.75 bits per heavy atom. The van der Waals surface area contributed by atoms with Crippen LogP contribution in [0.4, 0.5) is 0 Å². The lowest BCUT2D eigenvalue weighted by atomic mass is 9.98. The second-order valence-corrected chi connectivity index (χ2v) is 6.30. The molecule has 2 atom stereocenters. The number of benzene rings is 2. The highest BCUT2D eigenvalue weighted by molar-refractivity contribution is 5.53. The highest BCUT2D eigenvalue weighted by atomic mass is 16.5. The summed E-state index contributed by atoms with van der Waals surface area (Å²) in [6.07, 6.45) is 0.874. The molecule has 3 aromatic rings. The molecular formula is C19H20N4O. The number of hydrogen-bond donors (Lipinski definition) is 2. The molecule has 1 aliphatic rings. The van der Waals surface area contributed by atoms with Crippen LogP contribution in [0.1, 0.15) is 41.1 Å². The van der Waals surface area contributed by atoms with Crippen molar-refractivity contribution in [3.8, 4) is 11.4 Å². The van der Waals surface area contributed by atoms with E-state index in [4.69, 9.17) is 4.52 Å². The lowest BCUT2D eigenvalue weighted by Gasteiger charge is -2.11. The van der Waals surface area contributed by atoms with Crippen molar-refractivity contribution in [2.45, 2.75) is 32.4 Å². The van der Waals surface area contributed by atoms with E-state index in [2.05, 4.69) is 53.0 Å². The first-order chi connectivity index (χ1) is 11.7. The van der Waals surface area contributed by atoms with Crippen molar-refractivity contribution >= 4 is 0 Å². The fraction of sp³-hybridized carbons (Fsp3) is 0.263. The number of rotatable bonds is 3. The molecule has 0 amide bonds. The minimum atomic E-state index is 0.0153. The van der Waals surface area contributed by atoms with Crippen LogP contribution in [0.25, 0.3) is 11.4 Å². The second kappa shape index (κ2) is 6.19. The average Bonchev–Trinajstić information content (AvgIpc) is 3.27. The first kappa shape index (κ1) is 15.1. The Bertz CT molecular complexity index is 844. The van der Waals surface area contributed by atoms with Gasteiger partial charge in [-0.2, -0.15) is 4.98 Å². The molecule has 24 heavy (non-hydrogen) atoms. The molecule has 4 rings (SSSR count). The molecule has 2 N–H and O–H groups in total. The van der Waals surface area contributed by atoms with Crippen molar-refractivity contribution in [2.24, 2.45) is 0 Å². The Hall–Kier alpha value is -2.50. The zero-order chi connectivity index (χ0) is 16.5. The summed E-state index contributed by atoms with van der Waals surface area (Å²) in [5.74, 6) is 1.25. The summed E-state index contributed by atoms with van der Waals surface area (Å²) < 4.78 is 5.47. The van der Waals surface area contributed by atoms with Crippen molar-refractivity contribution in [1.29, 1.82) is 0 Å². The van der Waals surface area contributed by atoms with Crippen molar-refractivity contribution in [2.75, 3.05) is 0 Å². The van der Waals surface area contributed by atoms with Gasteiger partial charge < -0.3 is 4.52 Å². The normalized spacial score (nSPS) is 20.4. The lowest BCUT2D eigenvalue weighted by Crippen LogP contribution is -2.26. The fourth-order valence-corrected chi connectivity index (χ4v) is 3.00. The fourth-order valence-electron chi connectivity index (χ4n) is 3.00. The number of aromatic nitrogens is 2. The molecule has 2 aromatic carbocycles.